The summed E-state index contributed by atoms with van der Waals surface area (Å²) in [5.41, 5.74) is 7.71. The van der Waals surface area contributed by atoms with Crippen molar-refractivity contribution in [2.24, 2.45) is 5.92 Å². The molecule has 3 unspecified atom stereocenters. The highest BCUT2D eigenvalue weighted by molar-refractivity contribution is 5.32. The lowest BCUT2D eigenvalue weighted by molar-refractivity contribution is 0.286. The SMILES string of the molecule is COc1cccc(OCCC2CC(C3CCN(Cc4ccccc4F)C3)NN2)c1. The fraction of sp³-hybridized carbons (Fsp3) is 0.478. The molecule has 2 N–H and O–H groups in total. The van der Waals surface area contributed by atoms with Crippen LogP contribution in [0, 0.1) is 11.7 Å². The van der Waals surface area contributed by atoms with Crippen molar-refractivity contribution in [2.45, 2.75) is 37.9 Å². The van der Waals surface area contributed by atoms with Crippen LogP contribution in [-0.4, -0.2) is 43.8 Å². The van der Waals surface area contributed by atoms with Crippen LogP contribution in [0.2, 0.25) is 0 Å². The number of benzene rings is 2. The fourth-order valence-corrected chi connectivity index (χ4v) is 4.36. The molecule has 0 aliphatic carbocycles. The number of nitrogens with one attached hydrogen (secondary N) is 2. The number of nitrogens with zero attached hydrogens (tertiary/aromatic N) is 1. The van der Waals surface area contributed by atoms with Gasteiger partial charge < -0.3 is 9.47 Å². The van der Waals surface area contributed by atoms with Gasteiger partial charge in [0.1, 0.15) is 17.3 Å². The Morgan fingerprint density at radius 1 is 1.10 bits per heavy atom. The molecule has 2 aromatic carbocycles. The van der Waals surface area contributed by atoms with Gasteiger partial charge in [0.15, 0.2) is 0 Å². The molecule has 2 fully saturated rings. The largest absolute Gasteiger partial charge is 0.497 e. The molecule has 6 heteroatoms. The van der Waals surface area contributed by atoms with Crippen molar-refractivity contribution < 1.29 is 13.9 Å². The maximum Gasteiger partial charge on any atom is 0.127 e. The standard InChI is InChI=1S/C23H30FN3O2/c1-28-20-6-4-7-21(14-20)29-12-10-19-13-23(26-25-19)18-9-11-27(16-18)15-17-5-2-3-8-22(17)24/h2-8,14,18-19,23,25-26H,9-13,15-16H2,1H3. The third kappa shape index (κ3) is 5.26. The van der Waals surface area contributed by atoms with E-state index in [1.54, 1.807) is 19.2 Å². The van der Waals surface area contributed by atoms with Crippen LogP contribution >= 0.6 is 0 Å². The Balaban J connectivity index is 1.19. The molecule has 2 saturated heterocycles. The molecule has 2 aliphatic rings. The van der Waals surface area contributed by atoms with Crippen LogP contribution in [0.25, 0.3) is 0 Å². The summed E-state index contributed by atoms with van der Waals surface area (Å²) < 4.78 is 25.0. The third-order valence-corrected chi connectivity index (χ3v) is 6.02. The highest BCUT2D eigenvalue weighted by atomic mass is 19.1. The molecule has 0 radical (unpaired) electrons. The normalized spacial score (nSPS) is 24.7. The van der Waals surface area contributed by atoms with Crippen LogP contribution in [0.5, 0.6) is 11.5 Å². The average Bonchev–Trinajstić information content (AvgIpc) is 3.39. The summed E-state index contributed by atoms with van der Waals surface area (Å²) in [7, 11) is 1.66. The zero-order valence-electron chi connectivity index (χ0n) is 16.9. The van der Waals surface area contributed by atoms with Crippen molar-refractivity contribution in [1.29, 1.82) is 0 Å². The quantitative estimate of drug-likeness (QED) is 0.713. The summed E-state index contributed by atoms with van der Waals surface area (Å²) in [5.74, 6) is 2.14. The van der Waals surface area contributed by atoms with Crippen molar-refractivity contribution >= 4 is 0 Å². The summed E-state index contributed by atoms with van der Waals surface area (Å²) in [5, 5.41) is 0. The van der Waals surface area contributed by atoms with Gasteiger partial charge in [-0.05, 0) is 49.9 Å². The number of rotatable bonds is 8. The number of hydrogen-bond acceptors (Lipinski definition) is 5. The van der Waals surface area contributed by atoms with Crippen LogP contribution in [0.3, 0.4) is 0 Å². The zero-order chi connectivity index (χ0) is 20.1. The molecule has 0 spiro atoms. The zero-order valence-corrected chi connectivity index (χ0v) is 16.9. The summed E-state index contributed by atoms with van der Waals surface area (Å²) in [6, 6.07) is 15.7. The Morgan fingerprint density at radius 3 is 2.83 bits per heavy atom. The molecule has 2 heterocycles. The Hall–Kier alpha value is -2.15. The van der Waals surface area contributed by atoms with Crippen LogP contribution in [0.4, 0.5) is 4.39 Å². The molecule has 0 amide bonds. The third-order valence-electron chi connectivity index (χ3n) is 6.02. The molecule has 3 atom stereocenters. The predicted molar refractivity (Wildman–Crippen MR) is 111 cm³/mol. The summed E-state index contributed by atoms with van der Waals surface area (Å²) in [6.07, 6.45) is 3.20. The first-order valence-electron chi connectivity index (χ1n) is 10.4. The first-order chi connectivity index (χ1) is 14.2. The number of likely N-dealkylation sites (tertiary alicyclic amines) is 1. The lowest BCUT2D eigenvalue weighted by atomic mass is 9.94. The van der Waals surface area contributed by atoms with Crippen LogP contribution in [0.15, 0.2) is 48.5 Å². The average molecular weight is 400 g/mol. The fourth-order valence-electron chi connectivity index (χ4n) is 4.36. The van der Waals surface area contributed by atoms with Crippen molar-refractivity contribution in [1.82, 2.24) is 15.8 Å². The molecule has 29 heavy (non-hydrogen) atoms. The van der Waals surface area contributed by atoms with Gasteiger partial charge in [0.05, 0.1) is 13.7 Å². The molecule has 0 aromatic heterocycles. The second-order valence-electron chi connectivity index (χ2n) is 8.02. The molecule has 4 rings (SSSR count). The minimum Gasteiger partial charge on any atom is -0.497 e. The topological polar surface area (TPSA) is 45.8 Å². The summed E-state index contributed by atoms with van der Waals surface area (Å²) in [6.45, 7) is 3.41. The Labute approximate surface area is 172 Å². The van der Waals surface area contributed by atoms with E-state index in [-0.39, 0.29) is 5.82 Å². The van der Waals surface area contributed by atoms with Gasteiger partial charge in [-0.1, -0.05) is 24.3 Å². The number of hydrogen-bond donors (Lipinski definition) is 2. The molecule has 5 nitrogen and oxygen atoms in total. The minimum atomic E-state index is -0.104. The highest BCUT2D eigenvalue weighted by Crippen LogP contribution is 2.27. The van der Waals surface area contributed by atoms with Gasteiger partial charge in [0.25, 0.3) is 0 Å². The monoisotopic (exact) mass is 399 g/mol. The van der Waals surface area contributed by atoms with E-state index in [1.165, 1.54) is 0 Å². The molecule has 0 bridgehead atoms. The molecule has 156 valence electrons. The lowest BCUT2D eigenvalue weighted by Crippen LogP contribution is -2.38. The lowest BCUT2D eigenvalue weighted by Gasteiger charge is -2.20. The molecule has 2 aromatic rings. The van der Waals surface area contributed by atoms with E-state index in [4.69, 9.17) is 9.47 Å². The van der Waals surface area contributed by atoms with E-state index < -0.39 is 0 Å². The molecule has 2 aliphatic heterocycles. The Morgan fingerprint density at radius 2 is 1.97 bits per heavy atom. The molecule has 0 saturated carbocycles. The molecular weight excluding hydrogens is 369 g/mol. The van der Waals surface area contributed by atoms with Gasteiger partial charge in [-0.15, -0.1) is 0 Å². The minimum absolute atomic E-state index is 0.104. The van der Waals surface area contributed by atoms with Crippen molar-refractivity contribution in [3.05, 3.63) is 59.9 Å². The van der Waals surface area contributed by atoms with E-state index in [1.807, 2.05) is 36.4 Å². The number of halogens is 1. The number of methoxy groups -OCH3 is 1. The van der Waals surface area contributed by atoms with E-state index in [9.17, 15) is 4.39 Å². The van der Waals surface area contributed by atoms with E-state index in [2.05, 4.69) is 15.8 Å². The smallest absolute Gasteiger partial charge is 0.127 e. The van der Waals surface area contributed by atoms with Gasteiger partial charge >= 0.3 is 0 Å². The van der Waals surface area contributed by atoms with Gasteiger partial charge in [0.2, 0.25) is 0 Å². The van der Waals surface area contributed by atoms with Crippen LogP contribution in [0.1, 0.15) is 24.8 Å². The maximum absolute atomic E-state index is 13.9. The van der Waals surface area contributed by atoms with Crippen LogP contribution < -0.4 is 20.3 Å². The van der Waals surface area contributed by atoms with Gasteiger partial charge in [-0.2, -0.15) is 0 Å². The number of ether oxygens (including phenoxy) is 2. The van der Waals surface area contributed by atoms with Crippen molar-refractivity contribution in [3.63, 3.8) is 0 Å². The summed E-state index contributed by atoms with van der Waals surface area (Å²) >= 11 is 0. The van der Waals surface area contributed by atoms with E-state index in [0.717, 1.165) is 49.4 Å². The van der Waals surface area contributed by atoms with E-state index >= 15 is 0 Å². The van der Waals surface area contributed by atoms with Gasteiger partial charge in [-0.3, -0.25) is 15.8 Å². The van der Waals surface area contributed by atoms with Crippen molar-refractivity contribution in [2.75, 3.05) is 26.8 Å². The van der Waals surface area contributed by atoms with Gasteiger partial charge in [0, 0.05) is 36.8 Å². The first-order valence-corrected chi connectivity index (χ1v) is 10.4. The number of hydrazine groups is 1. The first kappa shape index (κ1) is 20.1. The summed E-state index contributed by atoms with van der Waals surface area (Å²) in [4.78, 5) is 2.37. The second-order valence-corrected chi connectivity index (χ2v) is 8.02. The van der Waals surface area contributed by atoms with E-state index in [0.29, 0.717) is 31.2 Å². The van der Waals surface area contributed by atoms with Crippen molar-refractivity contribution in [3.8, 4) is 11.5 Å². The highest BCUT2D eigenvalue weighted by Gasteiger charge is 2.34. The van der Waals surface area contributed by atoms with Crippen LogP contribution in [-0.2, 0) is 6.54 Å². The maximum atomic E-state index is 13.9. The predicted octanol–water partition coefficient (Wildman–Crippen LogP) is 3.36. The molecular formula is C23H30FN3O2. The second kappa shape index (κ2) is 9.57. The Bertz CT molecular complexity index is 803. The van der Waals surface area contributed by atoms with Gasteiger partial charge in [-0.25, -0.2) is 4.39 Å². The Kier molecular flexibility index (Phi) is 6.64.